The molecule has 0 bridgehead atoms. The number of rotatable bonds is 3. The van der Waals surface area contributed by atoms with E-state index in [-0.39, 0.29) is 0 Å². The summed E-state index contributed by atoms with van der Waals surface area (Å²) in [6.45, 7) is 2.39. The van der Waals surface area contributed by atoms with Crippen molar-refractivity contribution in [3.05, 3.63) is 48.0 Å². The Bertz CT molecular complexity index is 705. The molecule has 0 aliphatic heterocycles. The van der Waals surface area contributed by atoms with Crippen molar-refractivity contribution < 1.29 is 4.74 Å². The van der Waals surface area contributed by atoms with Crippen LogP contribution < -0.4 is 10.5 Å². The van der Waals surface area contributed by atoms with Crippen molar-refractivity contribution in [2.45, 2.75) is 13.5 Å². The van der Waals surface area contributed by atoms with Crippen molar-refractivity contribution in [1.29, 1.82) is 0 Å². The largest absolute Gasteiger partial charge is 0.436 e. The van der Waals surface area contributed by atoms with Crippen LogP contribution in [0.1, 0.15) is 11.4 Å². The zero-order valence-corrected chi connectivity index (χ0v) is 10.4. The summed E-state index contributed by atoms with van der Waals surface area (Å²) in [5, 5.41) is 8.06. The number of nitrogens with two attached hydrogens (primary N) is 1. The summed E-state index contributed by atoms with van der Waals surface area (Å²) in [6.07, 6.45) is 3.46. The smallest absolute Gasteiger partial charge is 0.265 e. The summed E-state index contributed by atoms with van der Waals surface area (Å²) >= 11 is 0. The SMILES string of the molecule is Cc1nnc2c(Oc3ccc(CN)cc3)nccn12. The maximum Gasteiger partial charge on any atom is 0.265 e. The van der Waals surface area contributed by atoms with E-state index < -0.39 is 0 Å². The van der Waals surface area contributed by atoms with Crippen molar-refractivity contribution in [3.8, 4) is 11.6 Å². The monoisotopic (exact) mass is 255 g/mol. The molecule has 0 radical (unpaired) electrons. The van der Waals surface area contributed by atoms with Crippen molar-refractivity contribution >= 4 is 5.65 Å². The Balaban J connectivity index is 1.96. The van der Waals surface area contributed by atoms with E-state index in [4.69, 9.17) is 10.5 Å². The third-order valence-corrected chi connectivity index (χ3v) is 2.84. The maximum absolute atomic E-state index is 5.73. The molecule has 6 heteroatoms. The van der Waals surface area contributed by atoms with E-state index in [0.717, 1.165) is 11.4 Å². The molecule has 3 aromatic rings. The number of hydrogen-bond acceptors (Lipinski definition) is 5. The fraction of sp³-hybridized carbons (Fsp3) is 0.154. The zero-order valence-electron chi connectivity index (χ0n) is 10.4. The lowest BCUT2D eigenvalue weighted by Crippen LogP contribution is -1.97. The van der Waals surface area contributed by atoms with Gasteiger partial charge in [0.1, 0.15) is 11.6 Å². The van der Waals surface area contributed by atoms with Crippen LogP contribution in [0, 0.1) is 6.92 Å². The number of benzene rings is 1. The molecule has 0 saturated carbocycles. The first-order valence-corrected chi connectivity index (χ1v) is 5.91. The summed E-state index contributed by atoms with van der Waals surface area (Å²) in [5.74, 6) is 1.92. The average Bonchev–Trinajstić information content (AvgIpc) is 2.83. The highest BCUT2D eigenvalue weighted by atomic mass is 16.5. The molecule has 6 nitrogen and oxygen atoms in total. The molecule has 2 N–H and O–H groups in total. The first kappa shape index (κ1) is 11.6. The molecule has 2 aromatic heterocycles. The molecule has 2 heterocycles. The second kappa shape index (κ2) is 4.66. The van der Waals surface area contributed by atoms with Gasteiger partial charge in [0.05, 0.1) is 0 Å². The molecular formula is C13H13N5O. The minimum absolute atomic E-state index is 0.434. The molecule has 96 valence electrons. The van der Waals surface area contributed by atoms with Gasteiger partial charge in [-0.05, 0) is 24.6 Å². The number of ether oxygens (including phenoxy) is 1. The number of fused-ring (bicyclic) bond motifs is 1. The van der Waals surface area contributed by atoms with Crippen molar-refractivity contribution in [1.82, 2.24) is 19.6 Å². The molecule has 19 heavy (non-hydrogen) atoms. The fourth-order valence-electron chi connectivity index (χ4n) is 1.80. The fourth-order valence-corrected chi connectivity index (χ4v) is 1.80. The highest BCUT2D eigenvalue weighted by molar-refractivity contribution is 5.50. The van der Waals surface area contributed by atoms with Crippen LogP contribution in [0.25, 0.3) is 5.65 Å². The van der Waals surface area contributed by atoms with Crippen LogP contribution in [-0.4, -0.2) is 19.6 Å². The van der Waals surface area contributed by atoms with Gasteiger partial charge < -0.3 is 10.5 Å². The summed E-state index contributed by atoms with van der Waals surface area (Å²) < 4.78 is 7.56. The molecule has 0 unspecified atom stereocenters. The highest BCUT2D eigenvalue weighted by Crippen LogP contribution is 2.23. The minimum Gasteiger partial charge on any atom is -0.436 e. The van der Waals surface area contributed by atoms with Crippen LogP contribution in [0.5, 0.6) is 11.6 Å². The van der Waals surface area contributed by atoms with Gasteiger partial charge in [0.15, 0.2) is 0 Å². The summed E-state index contributed by atoms with van der Waals surface area (Å²) in [6, 6.07) is 7.56. The highest BCUT2D eigenvalue weighted by Gasteiger charge is 2.09. The average molecular weight is 255 g/mol. The predicted molar refractivity (Wildman–Crippen MR) is 69.9 cm³/mol. The predicted octanol–water partition coefficient (Wildman–Crippen LogP) is 1.68. The first-order chi connectivity index (χ1) is 9.28. The molecule has 1 aromatic carbocycles. The molecular weight excluding hydrogens is 242 g/mol. The summed E-state index contributed by atoms with van der Waals surface area (Å²) in [5.41, 5.74) is 7.21. The Morgan fingerprint density at radius 3 is 2.74 bits per heavy atom. The third-order valence-electron chi connectivity index (χ3n) is 2.84. The summed E-state index contributed by atoms with van der Waals surface area (Å²) in [7, 11) is 0. The lowest BCUT2D eigenvalue weighted by atomic mass is 10.2. The van der Waals surface area contributed by atoms with Crippen LogP contribution >= 0.6 is 0 Å². The third kappa shape index (κ3) is 2.13. The van der Waals surface area contributed by atoms with E-state index >= 15 is 0 Å². The normalized spacial score (nSPS) is 10.8. The Labute approximate surface area is 109 Å². The van der Waals surface area contributed by atoms with E-state index in [1.165, 1.54) is 0 Å². The molecule has 0 aliphatic rings. The zero-order chi connectivity index (χ0) is 13.2. The lowest BCUT2D eigenvalue weighted by molar-refractivity contribution is 0.464. The van der Waals surface area contributed by atoms with E-state index in [1.807, 2.05) is 35.6 Å². The summed E-state index contributed by atoms with van der Waals surface area (Å²) in [4.78, 5) is 4.19. The number of hydrogen-bond donors (Lipinski definition) is 1. The van der Waals surface area contributed by atoms with E-state index in [9.17, 15) is 0 Å². The van der Waals surface area contributed by atoms with Crippen LogP contribution in [0.2, 0.25) is 0 Å². The number of aryl methyl sites for hydroxylation is 1. The van der Waals surface area contributed by atoms with Gasteiger partial charge in [0.2, 0.25) is 5.65 Å². The van der Waals surface area contributed by atoms with Crippen molar-refractivity contribution in [2.24, 2.45) is 5.73 Å². The Hall–Kier alpha value is -2.47. The van der Waals surface area contributed by atoms with Crippen LogP contribution in [0.15, 0.2) is 36.7 Å². The Morgan fingerprint density at radius 1 is 1.21 bits per heavy atom. The van der Waals surface area contributed by atoms with Gasteiger partial charge in [-0.3, -0.25) is 4.40 Å². The van der Waals surface area contributed by atoms with Crippen molar-refractivity contribution in [2.75, 3.05) is 0 Å². The molecule has 0 aliphatic carbocycles. The molecule has 3 rings (SSSR count). The van der Waals surface area contributed by atoms with Gasteiger partial charge in [0.25, 0.3) is 5.88 Å². The van der Waals surface area contributed by atoms with Gasteiger partial charge in [-0.25, -0.2) is 4.98 Å². The minimum atomic E-state index is 0.434. The van der Waals surface area contributed by atoms with Crippen LogP contribution in [0.4, 0.5) is 0 Å². The number of nitrogens with zero attached hydrogens (tertiary/aromatic N) is 4. The molecule has 0 saturated heterocycles. The van der Waals surface area contributed by atoms with Gasteiger partial charge >= 0.3 is 0 Å². The topological polar surface area (TPSA) is 78.3 Å². The van der Waals surface area contributed by atoms with E-state index in [1.54, 1.807) is 12.4 Å². The Morgan fingerprint density at radius 2 is 2.00 bits per heavy atom. The van der Waals surface area contributed by atoms with Gasteiger partial charge in [-0.15, -0.1) is 10.2 Å². The van der Waals surface area contributed by atoms with Gasteiger partial charge in [-0.2, -0.15) is 0 Å². The molecule has 0 fully saturated rings. The quantitative estimate of drug-likeness (QED) is 0.770. The van der Waals surface area contributed by atoms with E-state index in [0.29, 0.717) is 23.8 Å². The van der Waals surface area contributed by atoms with Crippen molar-refractivity contribution in [3.63, 3.8) is 0 Å². The lowest BCUT2D eigenvalue weighted by Gasteiger charge is -2.06. The second-order valence-corrected chi connectivity index (χ2v) is 4.12. The molecule has 0 atom stereocenters. The van der Waals surface area contributed by atoms with Gasteiger partial charge in [0, 0.05) is 18.9 Å². The maximum atomic E-state index is 5.73. The Kier molecular flexibility index (Phi) is 2.85. The standard InChI is InChI=1S/C13H13N5O/c1-9-16-17-12-13(15-6-7-18(9)12)19-11-4-2-10(8-14)3-5-11/h2-7H,8,14H2,1H3. The number of aromatic nitrogens is 4. The first-order valence-electron chi connectivity index (χ1n) is 5.91. The van der Waals surface area contributed by atoms with Gasteiger partial charge in [-0.1, -0.05) is 12.1 Å². The van der Waals surface area contributed by atoms with E-state index in [2.05, 4.69) is 15.2 Å². The van der Waals surface area contributed by atoms with Crippen LogP contribution in [-0.2, 0) is 6.54 Å². The second-order valence-electron chi connectivity index (χ2n) is 4.12. The molecule has 0 spiro atoms. The molecule has 0 amide bonds. The van der Waals surface area contributed by atoms with Crippen LogP contribution in [0.3, 0.4) is 0 Å².